The Hall–Kier alpha value is -2.05. The minimum Gasteiger partial charge on any atom is -0.268 e. The summed E-state index contributed by atoms with van der Waals surface area (Å²) >= 11 is 15.1. The van der Waals surface area contributed by atoms with Crippen molar-refractivity contribution in [3.05, 3.63) is 85.9 Å². The van der Waals surface area contributed by atoms with E-state index >= 15 is 0 Å². The first-order chi connectivity index (χ1) is 13.1. The van der Waals surface area contributed by atoms with Crippen LogP contribution < -0.4 is 4.90 Å². The monoisotopic (exact) mass is 431 g/mol. The Morgan fingerprint density at radius 2 is 1.63 bits per heavy atom. The molecule has 7 heteroatoms. The molecule has 0 N–H and O–H groups in total. The summed E-state index contributed by atoms with van der Waals surface area (Å²) in [6.07, 6.45) is 0. The average molecular weight is 432 g/mol. The lowest BCUT2D eigenvalue weighted by atomic mass is 10.2. The fourth-order valence-corrected chi connectivity index (χ4v) is 4.95. The van der Waals surface area contributed by atoms with Gasteiger partial charge in [-0.1, -0.05) is 65.3 Å². The lowest BCUT2D eigenvalue weighted by Crippen LogP contribution is -2.31. The van der Waals surface area contributed by atoms with Gasteiger partial charge in [0.05, 0.1) is 26.2 Å². The Bertz CT molecular complexity index is 1060. The number of benzene rings is 2. The fourth-order valence-electron chi connectivity index (χ4n) is 2.73. The number of carbonyl (C=O) groups excluding carboxylic acids is 2. The van der Waals surface area contributed by atoms with Gasteiger partial charge in [0.2, 0.25) is 0 Å². The first-order valence-corrected chi connectivity index (χ1v) is 10.4. The number of imide groups is 1. The van der Waals surface area contributed by atoms with Crippen LogP contribution in [0.5, 0.6) is 0 Å². The number of anilines is 1. The first kappa shape index (κ1) is 18.3. The predicted molar refractivity (Wildman–Crippen MR) is 112 cm³/mol. The van der Waals surface area contributed by atoms with E-state index in [-0.39, 0.29) is 15.7 Å². The number of halogens is 2. The third-order valence-corrected chi connectivity index (χ3v) is 6.73. The average Bonchev–Trinajstić information content (AvgIpc) is 3.26. The first-order valence-electron chi connectivity index (χ1n) is 7.92. The van der Waals surface area contributed by atoms with Gasteiger partial charge in [-0.2, -0.15) is 0 Å². The van der Waals surface area contributed by atoms with Crippen LogP contribution in [-0.4, -0.2) is 11.8 Å². The SMILES string of the molecule is O=C1C(Sc2ccccc2)=C(c2cccs2)C(=O)N1c1cccc(Cl)c1Cl. The molecule has 1 aliphatic rings. The number of amides is 2. The van der Waals surface area contributed by atoms with Crippen molar-refractivity contribution in [3.63, 3.8) is 0 Å². The largest absolute Gasteiger partial charge is 0.273 e. The summed E-state index contributed by atoms with van der Waals surface area (Å²) in [5.41, 5.74) is 0.678. The van der Waals surface area contributed by atoms with Gasteiger partial charge in [-0.25, -0.2) is 4.90 Å². The predicted octanol–water partition coefficient (Wildman–Crippen LogP) is 6.13. The molecule has 3 aromatic rings. The van der Waals surface area contributed by atoms with Crippen LogP contribution in [0.2, 0.25) is 10.0 Å². The second-order valence-corrected chi connectivity index (χ2v) is 8.43. The molecule has 1 aromatic heterocycles. The van der Waals surface area contributed by atoms with Gasteiger partial charge in [0.15, 0.2) is 0 Å². The van der Waals surface area contributed by atoms with Crippen LogP contribution in [0.15, 0.2) is 75.8 Å². The van der Waals surface area contributed by atoms with E-state index in [0.29, 0.717) is 10.5 Å². The van der Waals surface area contributed by atoms with Gasteiger partial charge in [-0.15, -0.1) is 11.3 Å². The fraction of sp³-hybridized carbons (Fsp3) is 0. The van der Waals surface area contributed by atoms with Crippen molar-refractivity contribution in [1.29, 1.82) is 0 Å². The zero-order valence-electron chi connectivity index (χ0n) is 13.7. The van der Waals surface area contributed by atoms with Crippen LogP contribution in [0.25, 0.3) is 5.57 Å². The molecule has 2 aromatic carbocycles. The molecule has 0 radical (unpaired) electrons. The minimum atomic E-state index is -0.401. The van der Waals surface area contributed by atoms with E-state index in [1.165, 1.54) is 23.1 Å². The zero-order valence-corrected chi connectivity index (χ0v) is 16.8. The lowest BCUT2D eigenvalue weighted by molar-refractivity contribution is -0.119. The third-order valence-electron chi connectivity index (χ3n) is 3.94. The van der Waals surface area contributed by atoms with Crippen molar-refractivity contribution in [2.24, 2.45) is 0 Å². The molecule has 0 unspecified atom stereocenters. The van der Waals surface area contributed by atoms with Crippen molar-refractivity contribution in [1.82, 2.24) is 0 Å². The Labute approximate surface area is 174 Å². The van der Waals surface area contributed by atoms with Crippen molar-refractivity contribution >= 4 is 69.4 Å². The Balaban J connectivity index is 1.83. The van der Waals surface area contributed by atoms with Gasteiger partial charge in [0, 0.05) is 9.77 Å². The number of hydrogen-bond acceptors (Lipinski definition) is 4. The molecule has 2 amide bonds. The van der Waals surface area contributed by atoms with Crippen molar-refractivity contribution in [2.75, 3.05) is 4.90 Å². The van der Waals surface area contributed by atoms with E-state index in [1.807, 2.05) is 47.8 Å². The molecule has 2 heterocycles. The molecule has 4 rings (SSSR count). The van der Waals surface area contributed by atoms with Crippen LogP contribution in [0.4, 0.5) is 5.69 Å². The van der Waals surface area contributed by atoms with Crippen molar-refractivity contribution in [3.8, 4) is 0 Å². The molecule has 0 fully saturated rings. The van der Waals surface area contributed by atoms with E-state index < -0.39 is 11.8 Å². The number of hydrogen-bond donors (Lipinski definition) is 0. The maximum Gasteiger partial charge on any atom is 0.273 e. The van der Waals surface area contributed by atoms with Gasteiger partial charge in [0.25, 0.3) is 11.8 Å². The molecule has 0 saturated carbocycles. The maximum atomic E-state index is 13.2. The van der Waals surface area contributed by atoms with Crippen LogP contribution in [0.1, 0.15) is 4.88 Å². The number of thiophene rings is 1. The van der Waals surface area contributed by atoms with Gasteiger partial charge in [-0.3, -0.25) is 9.59 Å². The van der Waals surface area contributed by atoms with E-state index in [9.17, 15) is 9.59 Å². The molecule has 3 nitrogen and oxygen atoms in total. The van der Waals surface area contributed by atoms with E-state index in [4.69, 9.17) is 23.2 Å². The van der Waals surface area contributed by atoms with Gasteiger partial charge in [0.1, 0.15) is 0 Å². The summed E-state index contributed by atoms with van der Waals surface area (Å²) in [5, 5.41) is 2.34. The number of nitrogens with zero attached hydrogens (tertiary/aromatic N) is 1. The quantitative estimate of drug-likeness (QED) is 0.466. The highest BCUT2D eigenvalue weighted by Gasteiger charge is 2.41. The summed E-state index contributed by atoms with van der Waals surface area (Å²) in [6.45, 7) is 0. The van der Waals surface area contributed by atoms with Crippen LogP contribution >= 0.6 is 46.3 Å². The van der Waals surface area contributed by atoms with E-state index in [0.717, 1.165) is 14.7 Å². The summed E-state index contributed by atoms with van der Waals surface area (Å²) < 4.78 is 0. The molecule has 0 bridgehead atoms. The van der Waals surface area contributed by atoms with Crippen molar-refractivity contribution < 1.29 is 9.59 Å². The van der Waals surface area contributed by atoms with E-state index in [2.05, 4.69) is 0 Å². The Kier molecular flexibility index (Phi) is 5.10. The second kappa shape index (κ2) is 7.52. The number of rotatable bonds is 4. The lowest BCUT2D eigenvalue weighted by Gasteiger charge is -2.17. The van der Waals surface area contributed by atoms with Gasteiger partial charge >= 0.3 is 0 Å². The summed E-state index contributed by atoms with van der Waals surface area (Å²) in [7, 11) is 0. The summed E-state index contributed by atoms with van der Waals surface area (Å²) in [6, 6.07) is 18.1. The van der Waals surface area contributed by atoms with Gasteiger partial charge < -0.3 is 0 Å². The molecule has 0 saturated heterocycles. The maximum absolute atomic E-state index is 13.2. The molecule has 27 heavy (non-hydrogen) atoms. The molecular weight excluding hydrogens is 421 g/mol. The van der Waals surface area contributed by atoms with Crippen LogP contribution in [0.3, 0.4) is 0 Å². The standard InChI is InChI=1S/C20H11Cl2NO2S2/c21-13-8-4-9-14(17(13)22)23-19(24)16(15-10-5-11-26-15)18(20(23)25)27-12-6-2-1-3-7-12/h1-11H. The number of carbonyl (C=O) groups is 2. The molecule has 1 aliphatic heterocycles. The second-order valence-electron chi connectivity index (χ2n) is 5.62. The van der Waals surface area contributed by atoms with Gasteiger partial charge in [-0.05, 0) is 35.7 Å². The highest BCUT2D eigenvalue weighted by molar-refractivity contribution is 8.04. The van der Waals surface area contributed by atoms with Crippen molar-refractivity contribution in [2.45, 2.75) is 4.90 Å². The summed E-state index contributed by atoms with van der Waals surface area (Å²) in [4.78, 5) is 29.5. The smallest absolute Gasteiger partial charge is 0.268 e. The minimum absolute atomic E-state index is 0.178. The molecule has 0 spiro atoms. The normalized spacial score (nSPS) is 14.4. The zero-order chi connectivity index (χ0) is 19.0. The number of thioether (sulfide) groups is 1. The molecule has 0 aliphatic carbocycles. The van der Waals surface area contributed by atoms with Crippen LogP contribution in [0, 0.1) is 0 Å². The Morgan fingerprint density at radius 1 is 0.852 bits per heavy atom. The highest BCUT2D eigenvalue weighted by atomic mass is 35.5. The third kappa shape index (κ3) is 3.32. The topological polar surface area (TPSA) is 37.4 Å². The Morgan fingerprint density at radius 3 is 2.33 bits per heavy atom. The molecule has 134 valence electrons. The summed E-state index contributed by atoms with van der Waals surface area (Å²) in [5.74, 6) is -0.800. The highest BCUT2D eigenvalue weighted by Crippen LogP contribution is 2.44. The van der Waals surface area contributed by atoms with E-state index in [1.54, 1.807) is 18.2 Å². The molecular formula is C20H11Cl2NO2S2. The van der Waals surface area contributed by atoms with Crippen LogP contribution in [-0.2, 0) is 9.59 Å². The molecule has 0 atom stereocenters.